The Morgan fingerprint density at radius 1 is 1.33 bits per heavy atom. The summed E-state index contributed by atoms with van der Waals surface area (Å²) in [5, 5.41) is 4.96. The molecular formula is C14H22BrN3OS2. The Labute approximate surface area is 143 Å². The number of nitrogens with one attached hydrogen (secondary N) is 1. The number of aromatic nitrogens is 2. The summed E-state index contributed by atoms with van der Waals surface area (Å²) in [6, 6.07) is 0. The fraction of sp³-hybridized carbons (Fsp3) is 0.714. The summed E-state index contributed by atoms with van der Waals surface area (Å²) in [7, 11) is 1.69. The van der Waals surface area contributed by atoms with E-state index in [-0.39, 0.29) is 0 Å². The predicted molar refractivity (Wildman–Crippen MR) is 96.3 cm³/mol. The highest BCUT2D eigenvalue weighted by Gasteiger charge is 2.29. The van der Waals surface area contributed by atoms with Gasteiger partial charge < -0.3 is 10.1 Å². The van der Waals surface area contributed by atoms with E-state index in [1.165, 1.54) is 0 Å². The average molecular weight is 392 g/mol. The molecule has 1 aliphatic heterocycles. The van der Waals surface area contributed by atoms with Crippen LogP contribution in [0.2, 0.25) is 0 Å². The fourth-order valence-corrected chi connectivity index (χ4v) is 5.37. The highest BCUT2D eigenvalue weighted by molar-refractivity contribution is 9.10. The largest absolute Gasteiger partial charge is 0.378 e. The first-order valence-electron chi connectivity index (χ1n) is 7.13. The average Bonchev–Trinajstić information content (AvgIpc) is 2.46. The zero-order valence-electron chi connectivity index (χ0n) is 12.9. The molecule has 0 radical (unpaired) electrons. The first-order valence-corrected chi connectivity index (χ1v) is 9.91. The second-order valence-electron chi connectivity index (χ2n) is 5.02. The normalized spacial score (nSPS) is 25.9. The molecular weight excluding hydrogens is 370 g/mol. The highest BCUT2D eigenvalue weighted by Crippen LogP contribution is 2.44. The number of thioether (sulfide) groups is 2. The van der Waals surface area contributed by atoms with E-state index in [1.807, 2.05) is 23.5 Å². The highest BCUT2D eigenvalue weighted by atomic mass is 79.9. The topological polar surface area (TPSA) is 47.0 Å². The lowest BCUT2D eigenvalue weighted by Gasteiger charge is -2.30. The molecule has 2 rings (SSSR count). The van der Waals surface area contributed by atoms with Gasteiger partial charge in [-0.25, -0.2) is 9.97 Å². The molecule has 0 amide bonds. The molecule has 0 aromatic carbocycles. The van der Waals surface area contributed by atoms with Crippen LogP contribution in [0.5, 0.6) is 0 Å². The predicted octanol–water partition coefficient (Wildman–Crippen LogP) is 4.12. The van der Waals surface area contributed by atoms with Crippen molar-refractivity contribution in [3.63, 3.8) is 0 Å². The third-order valence-electron chi connectivity index (χ3n) is 3.40. The molecule has 1 aromatic rings. The van der Waals surface area contributed by atoms with Gasteiger partial charge in [0.1, 0.15) is 11.6 Å². The summed E-state index contributed by atoms with van der Waals surface area (Å²) >= 11 is 7.57. The van der Waals surface area contributed by atoms with Gasteiger partial charge in [-0.1, -0.05) is 13.8 Å². The van der Waals surface area contributed by atoms with Crippen LogP contribution in [0.1, 0.15) is 37.5 Å². The van der Waals surface area contributed by atoms with Crippen LogP contribution in [0.3, 0.4) is 0 Å². The lowest BCUT2D eigenvalue weighted by molar-refractivity contribution is 0.180. The number of rotatable bonds is 5. The van der Waals surface area contributed by atoms with Crippen molar-refractivity contribution in [3.05, 3.63) is 16.0 Å². The number of halogens is 1. The molecule has 0 bridgehead atoms. The van der Waals surface area contributed by atoms with Crippen molar-refractivity contribution in [2.45, 2.75) is 43.1 Å². The quantitative estimate of drug-likeness (QED) is 0.814. The van der Waals surface area contributed by atoms with Crippen LogP contribution in [-0.2, 0) is 11.3 Å². The van der Waals surface area contributed by atoms with E-state index >= 15 is 0 Å². The zero-order valence-corrected chi connectivity index (χ0v) is 16.1. The molecule has 21 heavy (non-hydrogen) atoms. The molecule has 7 heteroatoms. The molecule has 0 spiro atoms. The first kappa shape index (κ1) is 17.4. The summed E-state index contributed by atoms with van der Waals surface area (Å²) in [5.41, 5.74) is 0.912. The minimum atomic E-state index is 0.349. The van der Waals surface area contributed by atoms with E-state index in [1.54, 1.807) is 7.11 Å². The number of anilines is 1. The molecule has 2 heterocycles. The van der Waals surface area contributed by atoms with Crippen LogP contribution in [0.25, 0.3) is 0 Å². The van der Waals surface area contributed by atoms with Gasteiger partial charge in [-0.05, 0) is 22.9 Å². The van der Waals surface area contributed by atoms with E-state index in [2.05, 4.69) is 42.0 Å². The smallest absolute Gasteiger partial charge is 0.144 e. The van der Waals surface area contributed by atoms with Crippen LogP contribution in [0.15, 0.2) is 4.47 Å². The van der Waals surface area contributed by atoms with Crippen LogP contribution in [0.4, 0.5) is 5.82 Å². The van der Waals surface area contributed by atoms with Gasteiger partial charge in [0, 0.05) is 29.9 Å². The van der Waals surface area contributed by atoms with E-state index in [9.17, 15) is 0 Å². The lowest BCUT2D eigenvalue weighted by atomic mass is 10.3. The van der Waals surface area contributed by atoms with Crippen molar-refractivity contribution in [2.75, 3.05) is 24.7 Å². The Bertz CT molecular complexity index is 462. The van der Waals surface area contributed by atoms with Gasteiger partial charge in [0.05, 0.1) is 22.0 Å². The second-order valence-corrected chi connectivity index (χ2v) is 8.81. The van der Waals surface area contributed by atoms with Gasteiger partial charge in [-0.2, -0.15) is 11.8 Å². The maximum absolute atomic E-state index is 5.26. The number of ether oxygens (including phenoxy) is 1. The molecule has 1 N–H and O–H groups in total. The van der Waals surface area contributed by atoms with Gasteiger partial charge >= 0.3 is 0 Å². The van der Waals surface area contributed by atoms with Crippen molar-refractivity contribution in [1.82, 2.24) is 9.97 Å². The molecule has 0 aliphatic carbocycles. The maximum Gasteiger partial charge on any atom is 0.144 e. The van der Waals surface area contributed by atoms with Gasteiger partial charge in [0.2, 0.25) is 0 Å². The van der Waals surface area contributed by atoms with Gasteiger partial charge in [-0.15, -0.1) is 11.8 Å². The Morgan fingerprint density at radius 2 is 2.10 bits per heavy atom. The summed E-state index contributed by atoms with van der Waals surface area (Å²) in [6.45, 7) is 7.97. The fourth-order valence-electron chi connectivity index (χ4n) is 2.09. The van der Waals surface area contributed by atoms with E-state index < -0.39 is 0 Å². The van der Waals surface area contributed by atoms with E-state index in [4.69, 9.17) is 14.7 Å². The minimum absolute atomic E-state index is 0.349. The molecule has 1 fully saturated rings. The van der Waals surface area contributed by atoms with Crippen molar-refractivity contribution in [2.24, 2.45) is 0 Å². The van der Waals surface area contributed by atoms with Crippen LogP contribution in [-0.4, -0.2) is 39.9 Å². The minimum Gasteiger partial charge on any atom is -0.378 e. The molecule has 0 saturated carbocycles. The zero-order chi connectivity index (χ0) is 15.4. The molecule has 4 nitrogen and oxygen atoms in total. The van der Waals surface area contributed by atoms with Crippen molar-refractivity contribution < 1.29 is 4.74 Å². The van der Waals surface area contributed by atoms with E-state index in [0.717, 1.165) is 34.1 Å². The lowest BCUT2D eigenvalue weighted by Crippen LogP contribution is -2.23. The van der Waals surface area contributed by atoms with Crippen LogP contribution in [0, 0.1) is 0 Å². The second kappa shape index (κ2) is 8.04. The standard InChI is InChI=1S/C14H22BrN3OS2/c1-5-16-14-12(15)10(6-19-4)17-13(18-14)11-7-20-8(2)9(3)21-11/h8-9,11H,5-7H2,1-4H3,(H,16,17,18). The molecule has 3 unspecified atom stereocenters. The van der Waals surface area contributed by atoms with Crippen LogP contribution < -0.4 is 5.32 Å². The molecule has 1 saturated heterocycles. The molecule has 118 valence electrons. The van der Waals surface area contributed by atoms with Crippen molar-refractivity contribution >= 4 is 45.3 Å². The number of methoxy groups -OCH3 is 1. The Hall–Kier alpha value is 0.0200. The van der Waals surface area contributed by atoms with Crippen molar-refractivity contribution in [3.8, 4) is 0 Å². The summed E-state index contributed by atoms with van der Waals surface area (Å²) in [6.07, 6.45) is 0. The van der Waals surface area contributed by atoms with Gasteiger partial charge in [-0.3, -0.25) is 0 Å². The third kappa shape index (κ3) is 4.27. The Kier molecular flexibility index (Phi) is 6.65. The summed E-state index contributed by atoms with van der Waals surface area (Å²) < 4.78 is 6.17. The summed E-state index contributed by atoms with van der Waals surface area (Å²) in [5.74, 6) is 2.85. The van der Waals surface area contributed by atoms with Gasteiger partial charge in [0.15, 0.2) is 0 Å². The molecule has 1 aromatic heterocycles. The van der Waals surface area contributed by atoms with E-state index in [0.29, 0.717) is 22.4 Å². The molecule has 1 aliphatic rings. The maximum atomic E-state index is 5.26. The molecule has 3 atom stereocenters. The number of hydrogen-bond donors (Lipinski definition) is 1. The number of hydrogen-bond acceptors (Lipinski definition) is 6. The monoisotopic (exact) mass is 391 g/mol. The third-order valence-corrected chi connectivity index (χ3v) is 7.62. The summed E-state index contributed by atoms with van der Waals surface area (Å²) in [4.78, 5) is 9.46. The number of nitrogens with zero attached hydrogens (tertiary/aromatic N) is 2. The van der Waals surface area contributed by atoms with Crippen LogP contribution >= 0.6 is 39.5 Å². The Morgan fingerprint density at radius 3 is 2.71 bits per heavy atom. The Balaban J connectivity index is 2.29. The first-order chi connectivity index (χ1) is 10.1. The van der Waals surface area contributed by atoms with Gasteiger partial charge in [0.25, 0.3) is 0 Å². The SMILES string of the molecule is CCNc1nc(C2CSC(C)C(C)S2)nc(COC)c1Br. The van der Waals surface area contributed by atoms with Crippen molar-refractivity contribution in [1.29, 1.82) is 0 Å².